The van der Waals surface area contributed by atoms with Gasteiger partial charge in [0.1, 0.15) is 5.82 Å². The fraction of sp³-hybridized carbons (Fsp3) is 0.588. The maximum Gasteiger partial charge on any atom is 0.240 e. The van der Waals surface area contributed by atoms with Gasteiger partial charge in [0.05, 0.1) is 5.54 Å². The number of halogens is 3. The predicted molar refractivity (Wildman–Crippen MR) is 101 cm³/mol. The molecule has 1 aromatic carbocycles. The van der Waals surface area contributed by atoms with Crippen LogP contribution in [0, 0.1) is 5.82 Å². The molecule has 2 saturated heterocycles. The number of benzene rings is 1. The summed E-state index contributed by atoms with van der Waals surface area (Å²) in [6.45, 7) is 2.62. The molecule has 1 unspecified atom stereocenters. The molecule has 5 nitrogen and oxygen atoms in total. The molecule has 0 saturated carbocycles. The van der Waals surface area contributed by atoms with E-state index in [2.05, 4.69) is 10.2 Å². The highest BCUT2D eigenvalue weighted by molar-refractivity contribution is 5.86. The molecule has 25 heavy (non-hydrogen) atoms. The summed E-state index contributed by atoms with van der Waals surface area (Å²) in [7, 11) is 0. The van der Waals surface area contributed by atoms with Crippen LogP contribution in [0.5, 0.6) is 0 Å². The second kappa shape index (κ2) is 9.57. The van der Waals surface area contributed by atoms with Crippen LogP contribution in [-0.4, -0.2) is 43.8 Å². The van der Waals surface area contributed by atoms with E-state index in [4.69, 9.17) is 10.5 Å². The van der Waals surface area contributed by atoms with E-state index in [1.807, 2.05) is 6.07 Å². The Morgan fingerprint density at radius 3 is 2.72 bits per heavy atom. The molecule has 8 heteroatoms. The molecule has 3 rings (SSSR count). The number of carbonyl (C=O) groups is 1. The van der Waals surface area contributed by atoms with Gasteiger partial charge in [0.2, 0.25) is 5.91 Å². The van der Waals surface area contributed by atoms with Crippen molar-refractivity contribution in [2.24, 2.45) is 5.73 Å². The number of hydrogen-bond acceptors (Lipinski definition) is 4. The molecule has 2 aliphatic rings. The Morgan fingerprint density at radius 2 is 2.04 bits per heavy atom. The minimum Gasteiger partial charge on any atom is -0.381 e. The third-order valence-corrected chi connectivity index (χ3v) is 4.77. The summed E-state index contributed by atoms with van der Waals surface area (Å²) in [6.07, 6.45) is 2.99. The van der Waals surface area contributed by atoms with Gasteiger partial charge in [-0.2, -0.15) is 0 Å². The van der Waals surface area contributed by atoms with E-state index in [0.717, 1.165) is 25.1 Å². The van der Waals surface area contributed by atoms with Crippen LogP contribution in [0.3, 0.4) is 0 Å². The summed E-state index contributed by atoms with van der Waals surface area (Å²) in [5, 5.41) is 3.09. The zero-order chi connectivity index (χ0) is 16.3. The Labute approximate surface area is 160 Å². The van der Waals surface area contributed by atoms with Crippen LogP contribution in [0.2, 0.25) is 0 Å². The van der Waals surface area contributed by atoms with Gasteiger partial charge in [-0.1, -0.05) is 6.07 Å². The summed E-state index contributed by atoms with van der Waals surface area (Å²) < 4.78 is 18.7. The monoisotopic (exact) mass is 393 g/mol. The molecule has 2 fully saturated rings. The Hall–Kier alpha value is -1.08. The van der Waals surface area contributed by atoms with E-state index >= 15 is 0 Å². The molecule has 2 heterocycles. The predicted octanol–water partition coefficient (Wildman–Crippen LogP) is 2.26. The van der Waals surface area contributed by atoms with Crippen molar-refractivity contribution in [2.75, 3.05) is 31.2 Å². The van der Waals surface area contributed by atoms with Crippen LogP contribution in [0.15, 0.2) is 24.3 Å². The van der Waals surface area contributed by atoms with Crippen molar-refractivity contribution in [3.63, 3.8) is 0 Å². The Balaban J connectivity index is 0.00000156. The lowest BCUT2D eigenvalue weighted by Crippen LogP contribution is -2.60. The first-order chi connectivity index (χ1) is 11.1. The number of ether oxygens (including phenoxy) is 1. The minimum absolute atomic E-state index is 0. The Kier molecular flexibility index (Phi) is 8.41. The normalized spacial score (nSPS) is 22.3. The SMILES string of the molecule is Cl.Cl.NC1(C(=O)NC2CCCN(c3cccc(F)c3)C2)CCOCC1. The zero-order valence-electron chi connectivity index (χ0n) is 14.1. The van der Waals surface area contributed by atoms with E-state index in [-0.39, 0.29) is 42.6 Å². The van der Waals surface area contributed by atoms with E-state index in [9.17, 15) is 9.18 Å². The van der Waals surface area contributed by atoms with Crippen LogP contribution in [0.1, 0.15) is 25.7 Å². The molecule has 1 atom stereocenters. The van der Waals surface area contributed by atoms with Gasteiger partial charge in [-0.3, -0.25) is 4.79 Å². The third kappa shape index (κ3) is 5.45. The summed E-state index contributed by atoms with van der Waals surface area (Å²) in [5.74, 6) is -0.330. The molecule has 1 amide bonds. The summed E-state index contributed by atoms with van der Waals surface area (Å²) in [4.78, 5) is 14.6. The van der Waals surface area contributed by atoms with Gasteiger partial charge < -0.3 is 20.7 Å². The lowest BCUT2D eigenvalue weighted by Gasteiger charge is -2.38. The van der Waals surface area contributed by atoms with Crippen molar-refractivity contribution in [1.29, 1.82) is 0 Å². The second-order valence-corrected chi connectivity index (χ2v) is 6.51. The average molecular weight is 394 g/mol. The van der Waals surface area contributed by atoms with Crippen molar-refractivity contribution >= 4 is 36.4 Å². The van der Waals surface area contributed by atoms with E-state index < -0.39 is 5.54 Å². The van der Waals surface area contributed by atoms with Gasteiger partial charge >= 0.3 is 0 Å². The molecule has 0 aliphatic carbocycles. The fourth-order valence-electron chi connectivity index (χ4n) is 3.29. The number of amides is 1. The Morgan fingerprint density at radius 1 is 1.32 bits per heavy atom. The van der Waals surface area contributed by atoms with Crippen molar-refractivity contribution < 1.29 is 13.9 Å². The quantitative estimate of drug-likeness (QED) is 0.826. The third-order valence-electron chi connectivity index (χ3n) is 4.77. The topological polar surface area (TPSA) is 67.6 Å². The highest BCUT2D eigenvalue weighted by atomic mass is 35.5. The molecule has 3 N–H and O–H groups in total. The van der Waals surface area contributed by atoms with E-state index in [0.29, 0.717) is 32.6 Å². The van der Waals surface area contributed by atoms with Crippen molar-refractivity contribution in [2.45, 2.75) is 37.3 Å². The standard InChI is InChI=1S/C17H24FN3O2.2ClH/c18-13-3-1-5-15(11-13)21-8-2-4-14(12-21)20-16(22)17(19)6-9-23-10-7-17;;/h1,3,5,11,14H,2,4,6-10,12,19H2,(H,20,22);2*1H. The van der Waals surface area contributed by atoms with Gasteiger partial charge in [0.15, 0.2) is 0 Å². The molecule has 0 aromatic heterocycles. The molecular formula is C17H26Cl2FN3O2. The first-order valence-corrected chi connectivity index (χ1v) is 8.25. The molecule has 0 bridgehead atoms. The summed E-state index contributed by atoms with van der Waals surface area (Å²) in [5.41, 5.74) is 6.27. The highest BCUT2D eigenvalue weighted by Gasteiger charge is 2.37. The average Bonchev–Trinajstić information content (AvgIpc) is 2.56. The number of rotatable bonds is 3. The largest absolute Gasteiger partial charge is 0.381 e. The molecule has 142 valence electrons. The maximum atomic E-state index is 13.4. The number of nitrogens with two attached hydrogens (primary N) is 1. The van der Waals surface area contributed by atoms with Crippen molar-refractivity contribution in [3.8, 4) is 0 Å². The number of nitrogens with one attached hydrogen (secondary N) is 1. The number of nitrogens with zero attached hydrogens (tertiary/aromatic N) is 1. The number of anilines is 1. The maximum absolute atomic E-state index is 13.4. The van der Waals surface area contributed by atoms with Crippen LogP contribution in [0.4, 0.5) is 10.1 Å². The zero-order valence-corrected chi connectivity index (χ0v) is 15.7. The molecule has 0 spiro atoms. The lowest BCUT2D eigenvalue weighted by atomic mass is 9.89. The van der Waals surface area contributed by atoms with E-state index in [1.54, 1.807) is 6.07 Å². The number of carbonyl (C=O) groups excluding carboxylic acids is 1. The smallest absolute Gasteiger partial charge is 0.240 e. The van der Waals surface area contributed by atoms with E-state index in [1.165, 1.54) is 12.1 Å². The van der Waals surface area contributed by atoms with Crippen LogP contribution in [0.25, 0.3) is 0 Å². The highest BCUT2D eigenvalue weighted by Crippen LogP contribution is 2.22. The molecular weight excluding hydrogens is 368 g/mol. The first-order valence-electron chi connectivity index (χ1n) is 8.25. The summed E-state index contributed by atoms with van der Waals surface area (Å²) in [6, 6.07) is 6.63. The van der Waals surface area contributed by atoms with Gasteiger partial charge in [0, 0.05) is 38.0 Å². The second-order valence-electron chi connectivity index (χ2n) is 6.51. The summed E-state index contributed by atoms with van der Waals surface area (Å²) >= 11 is 0. The van der Waals surface area contributed by atoms with Crippen LogP contribution >= 0.6 is 24.8 Å². The fourth-order valence-corrected chi connectivity index (χ4v) is 3.29. The van der Waals surface area contributed by atoms with Gasteiger partial charge in [-0.25, -0.2) is 4.39 Å². The number of hydrogen-bond donors (Lipinski definition) is 2. The molecule has 0 radical (unpaired) electrons. The molecule has 2 aliphatic heterocycles. The van der Waals surface area contributed by atoms with Gasteiger partial charge in [0.25, 0.3) is 0 Å². The van der Waals surface area contributed by atoms with Crippen molar-refractivity contribution in [3.05, 3.63) is 30.1 Å². The minimum atomic E-state index is -0.820. The van der Waals surface area contributed by atoms with Gasteiger partial charge in [-0.15, -0.1) is 24.8 Å². The Bertz CT molecular complexity index is 571. The van der Waals surface area contributed by atoms with Crippen LogP contribution < -0.4 is 16.0 Å². The van der Waals surface area contributed by atoms with Gasteiger partial charge in [-0.05, 0) is 43.9 Å². The lowest BCUT2D eigenvalue weighted by molar-refractivity contribution is -0.130. The molecule has 1 aromatic rings. The first kappa shape index (κ1) is 22.0. The van der Waals surface area contributed by atoms with Crippen molar-refractivity contribution in [1.82, 2.24) is 5.32 Å². The number of piperidine rings is 1. The van der Waals surface area contributed by atoms with Crippen LogP contribution in [-0.2, 0) is 9.53 Å².